The number of pyridine rings is 1. The van der Waals surface area contributed by atoms with Crippen LogP contribution in [0.25, 0.3) is 0 Å². The smallest absolute Gasteiger partial charge is 0.308 e. The molecule has 98 valence electrons. The summed E-state index contributed by atoms with van der Waals surface area (Å²) >= 11 is 6.00. The monoisotopic (exact) mass is 269 g/mol. The fourth-order valence-corrected chi connectivity index (χ4v) is 2.04. The Morgan fingerprint density at radius 1 is 1.33 bits per heavy atom. The average Bonchev–Trinajstić information content (AvgIpc) is 2.32. The van der Waals surface area contributed by atoms with Gasteiger partial charge in [0, 0.05) is 33.1 Å². The molecule has 0 spiro atoms. The van der Waals surface area contributed by atoms with Crippen molar-refractivity contribution in [3.8, 4) is 5.75 Å². The third-order valence-corrected chi connectivity index (χ3v) is 3.15. The molecule has 1 fully saturated rings. The molecule has 6 heteroatoms. The maximum Gasteiger partial charge on any atom is 0.308 e. The zero-order valence-corrected chi connectivity index (χ0v) is 11.3. The number of hydrogen-bond donors (Lipinski definition) is 0. The van der Waals surface area contributed by atoms with Crippen LogP contribution in [0.2, 0.25) is 5.15 Å². The summed E-state index contributed by atoms with van der Waals surface area (Å²) in [6, 6.07) is 3.51. The van der Waals surface area contributed by atoms with Gasteiger partial charge in [0.15, 0.2) is 10.9 Å². The number of nitrogens with zero attached hydrogens (tertiary/aromatic N) is 3. The number of hydrogen-bond acceptors (Lipinski definition) is 5. The van der Waals surface area contributed by atoms with Gasteiger partial charge in [0.1, 0.15) is 5.82 Å². The van der Waals surface area contributed by atoms with Crippen LogP contribution in [0.4, 0.5) is 5.82 Å². The van der Waals surface area contributed by atoms with E-state index in [-0.39, 0.29) is 5.15 Å². The van der Waals surface area contributed by atoms with Crippen LogP contribution in [0.5, 0.6) is 5.75 Å². The van der Waals surface area contributed by atoms with Gasteiger partial charge in [-0.3, -0.25) is 4.79 Å². The zero-order valence-electron chi connectivity index (χ0n) is 10.5. The number of esters is 1. The Kier molecular flexibility index (Phi) is 4.04. The summed E-state index contributed by atoms with van der Waals surface area (Å²) in [6.07, 6.45) is 0. The van der Waals surface area contributed by atoms with Crippen molar-refractivity contribution < 1.29 is 9.53 Å². The molecular weight excluding hydrogens is 254 g/mol. The second-order valence-corrected chi connectivity index (χ2v) is 4.70. The molecule has 0 aromatic carbocycles. The van der Waals surface area contributed by atoms with Crippen molar-refractivity contribution in [2.75, 3.05) is 38.1 Å². The van der Waals surface area contributed by atoms with E-state index < -0.39 is 5.97 Å². The van der Waals surface area contributed by atoms with Crippen LogP contribution >= 0.6 is 11.6 Å². The molecule has 0 amide bonds. The molecule has 0 unspecified atom stereocenters. The second kappa shape index (κ2) is 5.54. The van der Waals surface area contributed by atoms with Crippen LogP contribution in [-0.4, -0.2) is 49.1 Å². The SMILES string of the molecule is CC(=O)Oc1ccc(N2CCN(C)CC2)nc1Cl. The summed E-state index contributed by atoms with van der Waals surface area (Å²) < 4.78 is 4.94. The number of carbonyl (C=O) groups is 1. The first-order valence-corrected chi connectivity index (χ1v) is 6.22. The molecule has 2 heterocycles. The molecule has 1 aromatic rings. The highest BCUT2D eigenvalue weighted by molar-refractivity contribution is 6.31. The third-order valence-electron chi connectivity index (χ3n) is 2.88. The van der Waals surface area contributed by atoms with E-state index in [4.69, 9.17) is 16.3 Å². The van der Waals surface area contributed by atoms with Crippen LogP contribution in [0.3, 0.4) is 0 Å². The topological polar surface area (TPSA) is 45.7 Å². The first-order chi connectivity index (χ1) is 8.56. The van der Waals surface area contributed by atoms with Crippen molar-refractivity contribution in [3.05, 3.63) is 17.3 Å². The second-order valence-electron chi connectivity index (χ2n) is 4.34. The van der Waals surface area contributed by atoms with E-state index in [1.165, 1.54) is 6.92 Å². The fraction of sp³-hybridized carbons (Fsp3) is 0.500. The lowest BCUT2D eigenvalue weighted by Gasteiger charge is -2.33. The van der Waals surface area contributed by atoms with Gasteiger partial charge in [-0.05, 0) is 19.2 Å². The van der Waals surface area contributed by atoms with E-state index in [1.54, 1.807) is 6.07 Å². The number of ether oxygens (including phenoxy) is 1. The summed E-state index contributed by atoms with van der Waals surface area (Å²) in [5, 5.41) is 0.224. The lowest BCUT2D eigenvalue weighted by atomic mass is 10.3. The van der Waals surface area contributed by atoms with Gasteiger partial charge in [0.05, 0.1) is 0 Å². The highest BCUT2D eigenvalue weighted by Gasteiger charge is 2.16. The molecule has 2 rings (SSSR count). The Balaban J connectivity index is 2.11. The number of halogens is 1. The number of rotatable bonds is 2. The first-order valence-electron chi connectivity index (χ1n) is 5.84. The van der Waals surface area contributed by atoms with Gasteiger partial charge in [-0.25, -0.2) is 4.98 Å². The highest BCUT2D eigenvalue weighted by atomic mass is 35.5. The first kappa shape index (κ1) is 13.1. The summed E-state index contributed by atoms with van der Waals surface area (Å²) in [6.45, 7) is 5.19. The largest absolute Gasteiger partial charge is 0.423 e. The van der Waals surface area contributed by atoms with Crippen LogP contribution in [-0.2, 0) is 4.79 Å². The minimum Gasteiger partial charge on any atom is -0.423 e. The molecule has 0 aliphatic carbocycles. The van der Waals surface area contributed by atoms with Crippen molar-refractivity contribution in [1.82, 2.24) is 9.88 Å². The van der Waals surface area contributed by atoms with E-state index in [9.17, 15) is 4.79 Å². The van der Waals surface area contributed by atoms with Gasteiger partial charge in [0.25, 0.3) is 0 Å². The summed E-state index contributed by atoms with van der Waals surface area (Å²) in [5.74, 6) is 0.733. The van der Waals surface area contributed by atoms with Gasteiger partial charge < -0.3 is 14.5 Å². The molecule has 1 aromatic heterocycles. The van der Waals surface area contributed by atoms with Gasteiger partial charge in [-0.2, -0.15) is 0 Å². The molecule has 0 saturated carbocycles. The Labute approximate surface area is 111 Å². The Morgan fingerprint density at radius 3 is 2.56 bits per heavy atom. The molecule has 0 radical (unpaired) electrons. The highest BCUT2D eigenvalue weighted by Crippen LogP contribution is 2.26. The minimum absolute atomic E-state index is 0.224. The lowest BCUT2D eigenvalue weighted by Crippen LogP contribution is -2.44. The van der Waals surface area contributed by atoms with Crippen LogP contribution < -0.4 is 9.64 Å². The van der Waals surface area contributed by atoms with E-state index >= 15 is 0 Å². The summed E-state index contributed by atoms with van der Waals surface area (Å²) in [5.41, 5.74) is 0. The Bertz CT molecular complexity index is 445. The van der Waals surface area contributed by atoms with E-state index in [1.807, 2.05) is 6.07 Å². The van der Waals surface area contributed by atoms with Crippen molar-refractivity contribution >= 4 is 23.4 Å². The number of likely N-dealkylation sites (N-methyl/N-ethyl adjacent to an activating group) is 1. The molecule has 18 heavy (non-hydrogen) atoms. The van der Waals surface area contributed by atoms with E-state index in [0.717, 1.165) is 32.0 Å². The molecule has 5 nitrogen and oxygen atoms in total. The maximum absolute atomic E-state index is 10.9. The predicted molar refractivity (Wildman–Crippen MR) is 70.3 cm³/mol. The molecule has 1 aliphatic rings. The molecule has 0 N–H and O–H groups in total. The quantitative estimate of drug-likeness (QED) is 0.600. The number of carbonyl (C=O) groups excluding carboxylic acids is 1. The summed E-state index contributed by atoms with van der Waals surface area (Å²) in [7, 11) is 2.10. The maximum atomic E-state index is 10.9. The fourth-order valence-electron chi connectivity index (χ4n) is 1.85. The molecule has 0 bridgehead atoms. The van der Waals surface area contributed by atoms with E-state index in [2.05, 4.69) is 21.8 Å². The number of anilines is 1. The number of piperazine rings is 1. The standard InChI is InChI=1S/C12H16ClN3O2/c1-9(17)18-10-3-4-11(14-12(10)13)16-7-5-15(2)6-8-16/h3-4H,5-8H2,1-2H3. The van der Waals surface area contributed by atoms with E-state index in [0.29, 0.717) is 5.75 Å². The average molecular weight is 270 g/mol. The number of aromatic nitrogens is 1. The van der Waals surface area contributed by atoms with Gasteiger partial charge >= 0.3 is 5.97 Å². The molecule has 1 aliphatic heterocycles. The van der Waals surface area contributed by atoms with Gasteiger partial charge in [-0.15, -0.1) is 0 Å². The molecular formula is C12H16ClN3O2. The normalized spacial score (nSPS) is 16.7. The van der Waals surface area contributed by atoms with Crippen molar-refractivity contribution in [2.24, 2.45) is 0 Å². The predicted octanol–water partition coefficient (Wildman–Crippen LogP) is 1.41. The van der Waals surface area contributed by atoms with Crippen molar-refractivity contribution in [2.45, 2.75) is 6.92 Å². The molecule has 1 saturated heterocycles. The lowest BCUT2D eigenvalue weighted by molar-refractivity contribution is -0.131. The van der Waals surface area contributed by atoms with Crippen LogP contribution in [0, 0.1) is 0 Å². The Hall–Kier alpha value is -1.33. The van der Waals surface area contributed by atoms with Gasteiger partial charge in [0.2, 0.25) is 0 Å². The molecule has 0 atom stereocenters. The van der Waals surface area contributed by atoms with Crippen molar-refractivity contribution in [1.29, 1.82) is 0 Å². The summed E-state index contributed by atoms with van der Waals surface area (Å²) in [4.78, 5) is 19.6. The van der Waals surface area contributed by atoms with Crippen LogP contribution in [0.15, 0.2) is 12.1 Å². The zero-order chi connectivity index (χ0) is 13.1. The Morgan fingerprint density at radius 2 is 2.00 bits per heavy atom. The van der Waals surface area contributed by atoms with Crippen molar-refractivity contribution in [3.63, 3.8) is 0 Å². The van der Waals surface area contributed by atoms with Crippen LogP contribution in [0.1, 0.15) is 6.92 Å². The minimum atomic E-state index is -0.397. The third kappa shape index (κ3) is 3.11. The van der Waals surface area contributed by atoms with Gasteiger partial charge in [-0.1, -0.05) is 11.6 Å².